The van der Waals surface area contributed by atoms with Gasteiger partial charge in [-0.05, 0) is 18.7 Å². The summed E-state index contributed by atoms with van der Waals surface area (Å²) < 4.78 is 37.9. The minimum Gasteiger partial charge on any atom is -0.175 e. The van der Waals surface area contributed by atoms with Gasteiger partial charge in [0.25, 0.3) is 0 Å². The van der Waals surface area contributed by atoms with E-state index in [4.69, 9.17) is 11.1 Å². The second-order valence-corrected chi connectivity index (χ2v) is 8.69. The molecule has 0 aliphatic carbocycles. The predicted octanol–water partition coefficient (Wildman–Crippen LogP) is 3.12. The fourth-order valence-corrected chi connectivity index (χ4v) is 3.43. The van der Waals surface area contributed by atoms with Crippen molar-refractivity contribution < 1.29 is 13.2 Å². The number of halogens is 4. The molecule has 78 valence electrons. The summed E-state index contributed by atoms with van der Waals surface area (Å²) in [7, 11) is -3.85. The average molecular weight is 239 g/mol. The minimum atomic E-state index is -4.30. The summed E-state index contributed by atoms with van der Waals surface area (Å²) in [4.78, 5) is 0. The Hall–Kier alpha value is -0.483. The highest BCUT2D eigenvalue weighted by molar-refractivity contribution is 7.28. The molecule has 14 heavy (non-hydrogen) atoms. The first kappa shape index (κ1) is 11.6. The number of hydrogen-bond acceptors (Lipinski definition) is 0. The van der Waals surface area contributed by atoms with Crippen LogP contribution in [-0.4, -0.2) is 13.2 Å². The highest BCUT2D eigenvalue weighted by Crippen LogP contribution is 2.32. The third kappa shape index (κ3) is 1.96. The second-order valence-electron chi connectivity index (χ2n) is 3.32. The van der Waals surface area contributed by atoms with Crippen molar-refractivity contribution in [2.24, 2.45) is 0 Å². The van der Waals surface area contributed by atoms with Crippen LogP contribution in [0.25, 0.3) is 0 Å². The SMILES string of the molecule is Cc1ccccc1[Si](C)(Cl)C(F)(F)F. The molecule has 0 radical (unpaired) electrons. The Morgan fingerprint density at radius 3 is 2.14 bits per heavy atom. The van der Waals surface area contributed by atoms with Crippen LogP contribution in [-0.2, 0) is 0 Å². The van der Waals surface area contributed by atoms with Crippen molar-refractivity contribution >= 4 is 23.6 Å². The Labute approximate surface area is 86.4 Å². The average Bonchev–Trinajstić information content (AvgIpc) is 2.02. The molecule has 0 heterocycles. The van der Waals surface area contributed by atoms with Gasteiger partial charge in [-0.2, -0.15) is 13.2 Å². The van der Waals surface area contributed by atoms with Gasteiger partial charge in [0, 0.05) is 0 Å². The minimum absolute atomic E-state index is 0.245. The molecule has 1 rings (SSSR count). The normalized spacial score (nSPS) is 16.4. The molecule has 0 aromatic heterocycles. The van der Waals surface area contributed by atoms with Gasteiger partial charge in [-0.15, -0.1) is 11.1 Å². The van der Waals surface area contributed by atoms with Gasteiger partial charge in [0.05, 0.1) is 0 Å². The van der Waals surface area contributed by atoms with Crippen molar-refractivity contribution in [1.29, 1.82) is 0 Å². The quantitative estimate of drug-likeness (QED) is 0.521. The molecular weight excluding hydrogens is 229 g/mol. The lowest BCUT2D eigenvalue weighted by Gasteiger charge is -2.24. The molecule has 1 aromatic carbocycles. The van der Waals surface area contributed by atoms with E-state index in [2.05, 4.69) is 0 Å². The number of rotatable bonds is 1. The fourth-order valence-electron chi connectivity index (χ4n) is 1.25. The van der Waals surface area contributed by atoms with E-state index in [-0.39, 0.29) is 5.19 Å². The van der Waals surface area contributed by atoms with E-state index >= 15 is 0 Å². The smallest absolute Gasteiger partial charge is 0.175 e. The molecule has 5 heteroatoms. The van der Waals surface area contributed by atoms with Crippen molar-refractivity contribution in [1.82, 2.24) is 0 Å². The summed E-state index contributed by atoms with van der Waals surface area (Å²) in [5, 5.41) is 0.245. The van der Waals surface area contributed by atoms with E-state index in [0.29, 0.717) is 5.56 Å². The van der Waals surface area contributed by atoms with Crippen LogP contribution < -0.4 is 5.19 Å². The summed E-state index contributed by atoms with van der Waals surface area (Å²) in [5.41, 5.74) is 0.606. The Balaban J connectivity index is 3.23. The van der Waals surface area contributed by atoms with Crippen LogP contribution in [0, 0.1) is 6.92 Å². The molecule has 1 unspecified atom stereocenters. The molecule has 0 saturated heterocycles. The van der Waals surface area contributed by atoms with Crippen LogP contribution in [0.4, 0.5) is 13.2 Å². The zero-order valence-corrected chi connectivity index (χ0v) is 9.58. The fraction of sp³-hybridized carbons (Fsp3) is 0.333. The lowest BCUT2D eigenvalue weighted by Crippen LogP contribution is -2.54. The second kappa shape index (κ2) is 3.59. The first-order valence-electron chi connectivity index (χ1n) is 4.08. The molecule has 0 aliphatic rings. The van der Waals surface area contributed by atoms with E-state index < -0.39 is 13.2 Å². The molecular formula is C9H10ClF3Si. The number of aryl methyl sites for hydroxylation is 1. The van der Waals surface area contributed by atoms with Crippen LogP contribution in [0.15, 0.2) is 24.3 Å². The molecule has 0 amide bonds. The van der Waals surface area contributed by atoms with E-state index in [0.717, 1.165) is 6.55 Å². The Bertz CT molecular complexity index is 333. The number of alkyl halides is 3. The van der Waals surface area contributed by atoms with Crippen LogP contribution in [0.5, 0.6) is 0 Å². The van der Waals surface area contributed by atoms with E-state index in [1.54, 1.807) is 25.1 Å². The monoisotopic (exact) mass is 238 g/mol. The van der Waals surface area contributed by atoms with Gasteiger partial charge in [0.2, 0.25) is 0 Å². The molecule has 0 spiro atoms. The van der Waals surface area contributed by atoms with Crippen molar-refractivity contribution in [3.8, 4) is 0 Å². The summed E-state index contributed by atoms with van der Waals surface area (Å²) >= 11 is 5.66. The van der Waals surface area contributed by atoms with E-state index in [1.807, 2.05) is 0 Å². The van der Waals surface area contributed by atoms with Gasteiger partial charge in [0.15, 0.2) is 0 Å². The number of hydrogen-bond donors (Lipinski definition) is 0. The maximum Gasteiger partial charge on any atom is 0.381 e. The summed E-state index contributed by atoms with van der Waals surface area (Å²) in [5.74, 6) is -4.30. The Morgan fingerprint density at radius 1 is 1.21 bits per heavy atom. The summed E-state index contributed by atoms with van der Waals surface area (Å²) in [6.07, 6.45) is 0. The van der Waals surface area contributed by atoms with Gasteiger partial charge < -0.3 is 0 Å². The topological polar surface area (TPSA) is 0 Å². The highest BCUT2D eigenvalue weighted by atomic mass is 35.6. The highest BCUT2D eigenvalue weighted by Gasteiger charge is 2.54. The third-order valence-electron chi connectivity index (χ3n) is 2.18. The van der Waals surface area contributed by atoms with Gasteiger partial charge >= 0.3 is 13.2 Å². The van der Waals surface area contributed by atoms with Crippen LogP contribution in [0.2, 0.25) is 6.55 Å². The molecule has 1 atom stereocenters. The molecule has 0 nitrogen and oxygen atoms in total. The van der Waals surface area contributed by atoms with Crippen molar-refractivity contribution in [2.75, 3.05) is 0 Å². The lowest BCUT2D eigenvalue weighted by molar-refractivity contribution is -0.0515. The van der Waals surface area contributed by atoms with Crippen LogP contribution >= 0.6 is 11.1 Å². The molecule has 0 N–H and O–H groups in total. The van der Waals surface area contributed by atoms with Crippen molar-refractivity contribution in [2.45, 2.75) is 19.3 Å². The summed E-state index contributed by atoms with van der Waals surface area (Å²) in [6, 6.07) is 6.40. The largest absolute Gasteiger partial charge is 0.381 e. The van der Waals surface area contributed by atoms with Gasteiger partial charge in [-0.3, -0.25) is 0 Å². The lowest BCUT2D eigenvalue weighted by atomic mass is 10.2. The molecule has 1 aromatic rings. The first-order chi connectivity index (χ1) is 6.27. The first-order valence-corrected chi connectivity index (χ1v) is 7.60. The van der Waals surface area contributed by atoms with E-state index in [9.17, 15) is 13.2 Å². The third-order valence-corrected chi connectivity index (χ3v) is 6.07. The van der Waals surface area contributed by atoms with Gasteiger partial charge in [-0.1, -0.05) is 29.8 Å². The molecule has 0 saturated carbocycles. The molecule has 0 bridgehead atoms. The van der Waals surface area contributed by atoms with Crippen molar-refractivity contribution in [3.05, 3.63) is 29.8 Å². The maximum absolute atomic E-state index is 12.6. The summed E-state index contributed by atoms with van der Waals surface area (Å²) in [6.45, 7) is 2.76. The maximum atomic E-state index is 12.6. The Morgan fingerprint density at radius 2 is 1.71 bits per heavy atom. The standard InChI is InChI=1S/C9H10ClF3Si/c1-7-5-3-4-6-8(7)14(2,10)9(11,12)13/h3-6H,1-2H3. The molecule has 0 fully saturated rings. The predicted molar refractivity (Wildman–Crippen MR) is 54.3 cm³/mol. The van der Waals surface area contributed by atoms with Crippen LogP contribution in [0.3, 0.4) is 0 Å². The zero-order chi connectivity index (χ0) is 11.0. The van der Waals surface area contributed by atoms with Crippen molar-refractivity contribution in [3.63, 3.8) is 0 Å². The Kier molecular flexibility index (Phi) is 2.97. The van der Waals surface area contributed by atoms with Gasteiger partial charge in [0.1, 0.15) is 0 Å². The van der Waals surface area contributed by atoms with Crippen LogP contribution in [0.1, 0.15) is 5.56 Å². The number of benzene rings is 1. The molecule has 0 aliphatic heterocycles. The van der Waals surface area contributed by atoms with E-state index in [1.165, 1.54) is 6.07 Å². The zero-order valence-electron chi connectivity index (χ0n) is 7.82. The van der Waals surface area contributed by atoms with Gasteiger partial charge in [-0.25, -0.2) is 0 Å².